The quantitative estimate of drug-likeness (QED) is 0.243. The van der Waals surface area contributed by atoms with Crippen molar-refractivity contribution in [1.82, 2.24) is 0 Å². The van der Waals surface area contributed by atoms with Gasteiger partial charge in [-0.25, -0.2) is 0 Å². The number of hydrogen-bond donors (Lipinski definition) is 0. The van der Waals surface area contributed by atoms with E-state index in [1.165, 1.54) is 57.8 Å². The van der Waals surface area contributed by atoms with Crippen LogP contribution in [0, 0.1) is 0 Å². The lowest BCUT2D eigenvalue weighted by Crippen LogP contribution is -1.83. The van der Waals surface area contributed by atoms with Crippen LogP contribution in [0.5, 0.6) is 0 Å². The molecule has 0 N–H and O–H groups in total. The highest BCUT2D eigenvalue weighted by Gasteiger charge is 1.93. The summed E-state index contributed by atoms with van der Waals surface area (Å²) in [6.45, 7) is 2.25. The lowest BCUT2D eigenvalue weighted by Gasteiger charge is -2.02. The van der Waals surface area contributed by atoms with Crippen LogP contribution in [0.2, 0.25) is 0 Å². The molecule has 0 heterocycles. The van der Waals surface area contributed by atoms with Crippen molar-refractivity contribution < 1.29 is 5.48 Å². The first-order valence-corrected chi connectivity index (χ1v) is 8.29. The van der Waals surface area contributed by atoms with Crippen LogP contribution in [0.25, 0.3) is 0 Å². The molecule has 0 aliphatic heterocycles. The lowest BCUT2D eigenvalue weighted by molar-refractivity contribution is 0.538. The molecule has 0 aliphatic rings. The van der Waals surface area contributed by atoms with E-state index >= 15 is 0 Å². The SMILES string of the molecule is [2H]C([2H])(Br)C([2H])([2H])CCCCCCCCCCCCCC. The highest BCUT2D eigenvalue weighted by Crippen LogP contribution is 2.12. The average molecular weight is 309 g/mol. The van der Waals surface area contributed by atoms with E-state index in [2.05, 4.69) is 22.9 Å². The molecule has 0 saturated heterocycles. The minimum Gasteiger partial charge on any atom is -0.0928 e. The summed E-state index contributed by atoms with van der Waals surface area (Å²) in [5.41, 5.74) is 0. The summed E-state index contributed by atoms with van der Waals surface area (Å²) in [4.78, 5) is 0. The maximum atomic E-state index is 7.66. The Bertz CT molecular complexity index is 239. The van der Waals surface area contributed by atoms with E-state index in [1.807, 2.05) is 0 Å². The van der Waals surface area contributed by atoms with Crippen molar-refractivity contribution in [1.29, 1.82) is 0 Å². The van der Waals surface area contributed by atoms with Gasteiger partial charge in [-0.05, 0) is 6.37 Å². The Morgan fingerprint density at radius 2 is 1.00 bits per heavy atom. The predicted octanol–water partition coefficient (Wildman–Crippen LogP) is 6.86. The molecule has 0 aliphatic carbocycles. The van der Waals surface area contributed by atoms with Crippen molar-refractivity contribution in [2.24, 2.45) is 0 Å². The first-order valence-electron chi connectivity index (χ1n) is 9.50. The molecule has 0 saturated carbocycles. The van der Waals surface area contributed by atoms with Crippen molar-refractivity contribution in [3.63, 3.8) is 0 Å². The van der Waals surface area contributed by atoms with Gasteiger partial charge >= 0.3 is 0 Å². The molecule has 0 spiro atoms. The number of alkyl halides is 1. The van der Waals surface area contributed by atoms with Crippen LogP contribution in [-0.4, -0.2) is 5.28 Å². The maximum absolute atomic E-state index is 7.66. The van der Waals surface area contributed by atoms with E-state index in [0.717, 1.165) is 19.3 Å². The highest BCUT2D eigenvalue weighted by atomic mass is 79.9. The van der Waals surface area contributed by atoms with Crippen molar-refractivity contribution in [2.45, 2.75) is 96.8 Å². The Morgan fingerprint density at radius 3 is 1.35 bits per heavy atom. The summed E-state index contributed by atoms with van der Waals surface area (Å²) < 4.78 is 30.1. The fourth-order valence-electron chi connectivity index (χ4n) is 2.10. The van der Waals surface area contributed by atoms with Crippen molar-refractivity contribution >= 4 is 15.9 Å². The molecular formula is C16H33Br. The first-order chi connectivity index (χ1) is 9.81. The molecule has 0 bridgehead atoms. The van der Waals surface area contributed by atoms with Crippen molar-refractivity contribution in [3.05, 3.63) is 0 Å². The van der Waals surface area contributed by atoms with E-state index in [9.17, 15) is 0 Å². The molecule has 0 aromatic heterocycles. The number of rotatable bonds is 14. The minimum atomic E-state index is -1.92. The molecule has 0 aromatic carbocycles. The Morgan fingerprint density at radius 1 is 0.647 bits per heavy atom. The van der Waals surface area contributed by atoms with Gasteiger partial charge in [-0.15, -0.1) is 0 Å². The second kappa shape index (κ2) is 16.5. The second-order valence-electron chi connectivity index (χ2n) is 4.91. The van der Waals surface area contributed by atoms with E-state index in [4.69, 9.17) is 5.48 Å². The van der Waals surface area contributed by atoms with Crippen LogP contribution in [0.4, 0.5) is 0 Å². The number of unbranched alkanes of at least 4 members (excludes halogenated alkanes) is 11. The topological polar surface area (TPSA) is 0 Å². The maximum Gasteiger partial charge on any atom is 0.0387 e. The molecule has 0 aromatic rings. The molecule has 17 heavy (non-hydrogen) atoms. The summed E-state index contributed by atoms with van der Waals surface area (Å²) in [7, 11) is 0. The van der Waals surface area contributed by atoms with Gasteiger partial charge in [-0.3, -0.25) is 0 Å². The van der Waals surface area contributed by atoms with Gasteiger partial charge in [0, 0.05) is 10.8 Å². The normalized spacial score (nSPS) is 16.1. The average Bonchev–Trinajstić information content (AvgIpc) is 2.38. The van der Waals surface area contributed by atoms with Gasteiger partial charge < -0.3 is 0 Å². The molecule has 1 heteroatoms. The molecular weight excluding hydrogens is 272 g/mol. The van der Waals surface area contributed by atoms with Crippen molar-refractivity contribution in [3.8, 4) is 0 Å². The Balaban J connectivity index is 3.30. The van der Waals surface area contributed by atoms with E-state index in [0.29, 0.717) is 6.42 Å². The largest absolute Gasteiger partial charge is 0.0928 e. The standard InChI is InChI=1S/C16H33Br/c1-2-3-4-5-6-7-8-9-10-11-12-13-14-15-16-17/h2-16H2,1H3/i15D2,16D2. The van der Waals surface area contributed by atoms with Gasteiger partial charge in [0.15, 0.2) is 0 Å². The molecule has 0 atom stereocenters. The summed E-state index contributed by atoms with van der Waals surface area (Å²) >= 11 is 2.79. The van der Waals surface area contributed by atoms with Crippen LogP contribution in [-0.2, 0) is 0 Å². The molecule has 0 nitrogen and oxygen atoms in total. The predicted molar refractivity (Wildman–Crippen MR) is 84.1 cm³/mol. The zero-order valence-electron chi connectivity index (χ0n) is 15.6. The van der Waals surface area contributed by atoms with Crippen LogP contribution >= 0.6 is 15.9 Å². The summed E-state index contributed by atoms with van der Waals surface area (Å²) in [6.07, 6.45) is 13.5. The van der Waals surface area contributed by atoms with Crippen LogP contribution in [0.15, 0.2) is 0 Å². The third-order valence-electron chi connectivity index (χ3n) is 3.22. The molecule has 104 valence electrons. The highest BCUT2D eigenvalue weighted by molar-refractivity contribution is 9.09. The summed E-state index contributed by atoms with van der Waals surface area (Å²) in [5.74, 6) is 0. The van der Waals surface area contributed by atoms with Gasteiger partial charge in [0.25, 0.3) is 0 Å². The molecule has 0 unspecified atom stereocenters. The molecule has 0 rings (SSSR count). The van der Waals surface area contributed by atoms with E-state index in [1.54, 1.807) is 0 Å². The molecule has 0 amide bonds. The van der Waals surface area contributed by atoms with Crippen LogP contribution in [0.3, 0.4) is 0 Å². The van der Waals surface area contributed by atoms with E-state index < -0.39 is 11.7 Å². The zero-order valence-corrected chi connectivity index (χ0v) is 13.2. The zero-order chi connectivity index (χ0) is 16.2. The first kappa shape index (κ1) is 11.3. The molecule has 0 fully saturated rings. The third-order valence-corrected chi connectivity index (χ3v) is 3.50. The van der Waals surface area contributed by atoms with Gasteiger partial charge in [0.05, 0.1) is 0 Å². The van der Waals surface area contributed by atoms with Crippen LogP contribution < -0.4 is 0 Å². The summed E-state index contributed by atoms with van der Waals surface area (Å²) in [5, 5.41) is -1.92. The van der Waals surface area contributed by atoms with Gasteiger partial charge in [-0.2, -0.15) is 0 Å². The van der Waals surface area contributed by atoms with Gasteiger partial charge in [0.2, 0.25) is 0 Å². The third kappa shape index (κ3) is 16.5. The lowest BCUT2D eigenvalue weighted by atomic mass is 10.0. The Kier molecular flexibility index (Phi) is 11.0. The van der Waals surface area contributed by atoms with Gasteiger partial charge in [-0.1, -0.05) is 106 Å². The minimum absolute atomic E-state index is 0.294. The second-order valence-corrected chi connectivity index (χ2v) is 5.31. The van der Waals surface area contributed by atoms with Crippen molar-refractivity contribution in [2.75, 3.05) is 5.28 Å². The van der Waals surface area contributed by atoms with Gasteiger partial charge in [0.1, 0.15) is 0 Å². The smallest absolute Gasteiger partial charge is 0.0387 e. The number of hydrogen-bond acceptors (Lipinski definition) is 0. The van der Waals surface area contributed by atoms with E-state index in [-0.39, 0.29) is 0 Å². The fourth-order valence-corrected chi connectivity index (χ4v) is 2.30. The molecule has 0 radical (unpaired) electrons. The summed E-state index contributed by atoms with van der Waals surface area (Å²) in [6, 6.07) is 0. The number of halogens is 1. The fraction of sp³-hybridized carbons (Fsp3) is 1.00. The Hall–Kier alpha value is 0.480. The van der Waals surface area contributed by atoms with Crippen LogP contribution in [0.1, 0.15) is 102 Å². The Labute approximate surface area is 124 Å². The monoisotopic (exact) mass is 308 g/mol.